The lowest BCUT2D eigenvalue weighted by Gasteiger charge is -2.21. The van der Waals surface area contributed by atoms with Crippen molar-refractivity contribution in [3.05, 3.63) is 40.9 Å². The molecule has 2 heterocycles. The van der Waals surface area contributed by atoms with Crippen LogP contribution in [0.3, 0.4) is 0 Å². The van der Waals surface area contributed by atoms with Gasteiger partial charge in [0.15, 0.2) is 5.13 Å². The quantitative estimate of drug-likeness (QED) is 0.836. The van der Waals surface area contributed by atoms with E-state index in [1.807, 2.05) is 19.1 Å². The number of nitrogens with zero attached hydrogens (tertiary/aromatic N) is 4. The van der Waals surface area contributed by atoms with Crippen molar-refractivity contribution >= 4 is 16.5 Å². The predicted molar refractivity (Wildman–Crippen MR) is 96.8 cm³/mol. The predicted octanol–water partition coefficient (Wildman–Crippen LogP) is 2.91. The van der Waals surface area contributed by atoms with Crippen LogP contribution >= 0.6 is 11.3 Å². The van der Waals surface area contributed by atoms with Gasteiger partial charge in [-0.25, -0.2) is 4.98 Å². The summed E-state index contributed by atoms with van der Waals surface area (Å²) < 4.78 is 5.79. The van der Waals surface area contributed by atoms with Gasteiger partial charge in [-0.05, 0) is 31.5 Å². The summed E-state index contributed by atoms with van der Waals surface area (Å²) in [6.07, 6.45) is 1.14. The summed E-state index contributed by atoms with van der Waals surface area (Å²) in [6, 6.07) is 9.47. The molecule has 0 aliphatic carbocycles. The summed E-state index contributed by atoms with van der Waals surface area (Å²) in [5.41, 5.74) is 1.74. The molecule has 1 aliphatic heterocycles. The molecule has 1 aromatic carbocycles. The van der Waals surface area contributed by atoms with Gasteiger partial charge in [0.1, 0.15) is 12.4 Å². The van der Waals surface area contributed by atoms with E-state index in [1.165, 1.54) is 0 Å². The summed E-state index contributed by atoms with van der Waals surface area (Å²) >= 11 is 1.73. The van der Waals surface area contributed by atoms with E-state index >= 15 is 0 Å². The van der Waals surface area contributed by atoms with Gasteiger partial charge in [0, 0.05) is 38.1 Å². The highest BCUT2D eigenvalue weighted by atomic mass is 32.1. The van der Waals surface area contributed by atoms with Gasteiger partial charge in [-0.3, -0.25) is 4.90 Å². The molecule has 1 aliphatic rings. The summed E-state index contributed by atoms with van der Waals surface area (Å²) in [6.45, 7) is 7.78. The lowest BCUT2D eigenvalue weighted by atomic mass is 10.2. The van der Waals surface area contributed by atoms with Gasteiger partial charge in [0.25, 0.3) is 0 Å². The molecule has 0 atom stereocenters. The number of thiazole rings is 1. The average Bonchev–Trinajstić information content (AvgIpc) is 2.90. The molecule has 126 valence electrons. The Labute approximate surface area is 147 Å². The number of anilines is 1. The minimum Gasteiger partial charge on any atom is -0.492 e. The number of hydrogen-bond acceptors (Lipinski definition) is 6. The molecule has 6 heteroatoms. The third-order valence-corrected chi connectivity index (χ3v) is 5.12. The Morgan fingerprint density at radius 3 is 3.00 bits per heavy atom. The highest BCUT2D eigenvalue weighted by Crippen LogP contribution is 2.21. The first-order chi connectivity index (χ1) is 11.7. The Morgan fingerprint density at radius 2 is 2.21 bits per heavy atom. The fraction of sp³-hybridized carbons (Fsp3) is 0.444. The SMILES string of the molecule is Cc1csc(N2CCCN(CCOc3cccc(C#N)c3)CC2)n1. The monoisotopic (exact) mass is 342 g/mol. The van der Waals surface area contributed by atoms with Crippen LogP contribution in [0.2, 0.25) is 0 Å². The number of rotatable bonds is 5. The molecule has 0 spiro atoms. The first kappa shape index (κ1) is 16.7. The average molecular weight is 342 g/mol. The van der Waals surface area contributed by atoms with Gasteiger partial charge >= 0.3 is 0 Å². The minimum atomic E-state index is 0.636. The minimum absolute atomic E-state index is 0.636. The van der Waals surface area contributed by atoms with Crippen LogP contribution in [0.25, 0.3) is 0 Å². The van der Waals surface area contributed by atoms with E-state index in [9.17, 15) is 0 Å². The molecule has 0 amide bonds. The lowest BCUT2D eigenvalue weighted by Crippen LogP contribution is -2.33. The number of hydrogen-bond donors (Lipinski definition) is 0. The van der Waals surface area contributed by atoms with Gasteiger partial charge in [0.05, 0.1) is 17.3 Å². The van der Waals surface area contributed by atoms with Gasteiger partial charge in [-0.1, -0.05) is 6.07 Å². The highest BCUT2D eigenvalue weighted by Gasteiger charge is 2.17. The van der Waals surface area contributed by atoms with E-state index in [2.05, 4.69) is 26.2 Å². The topological polar surface area (TPSA) is 52.4 Å². The van der Waals surface area contributed by atoms with E-state index in [0.717, 1.165) is 55.7 Å². The Kier molecular flexibility index (Phi) is 5.68. The van der Waals surface area contributed by atoms with Crippen LogP contribution < -0.4 is 9.64 Å². The number of nitriles is 1. The second-order valence-corrected chi connectivity index (χ2v) is 6.78. The normalized spacial score (nSPS) is 15.8. The number of aryl methyl sites for hydroxylation is 1. The summed E-state index contributed by atoms with van der Waals surface area (Å²) in [4.78, 5) is 9.42. The lowest BCUT2D eigenvalue weighted by molar-refractivity contribution is 0.218. The fourth-order valence-electron chi connectivity index (χ4n) is 2.82. The molecule has 1 saturated heterocycles. The molecular weight excluding hydrogens is 320 g/mol. The second kappa shape index (κ2) is 8.13. The molecule has 5 nitrogen and oxygen atoms in total. The van der Waals surface area contributed by atoms with Crippen molar-refractivity contribution < 1.29 is 4.74 Å². The van der Waals surface area contributed by atoms with Crippen molar-refractivity contribution in [3.63, 3.8) is 0 Å². The van der Waals surface area contributed by atoms with E-state index in [0.29, 0.717) is 12.2 Å². The number of benzene rings is 1. The second-order valence-electron chi connectivity index (χ2n) is 5.94. The Morgan fingerprint density at radius 1 is 1.29 bits per heavy atom. The fourth-order valence-corrected chi connectivity index (χ4v) is 3.68. The third kappa shape index (κ3) is 4.47. The number of aromatic nitrogens is 1. The standard InChI is InChI=1S/C18H22N4OS/c1-15-14-24-18(20-15)22-7-3-6-21(8-9-22)10-11-23-17-5-2-4-16(12-17)13-19/h2,4-5,12,14H,3,6-11H2,1H3. The molecule has 0 radical (unpaired) electrons. The van der Waals surface area contributed by atoms with Crippen molar-refractivity contribution in [2.75, 3.05) is 44.2 Å². The maximum atomic E-state index is 8.92. The molecule has 1 aromatic heterocycles. The molecule has 2 aromatic rings. The molecule has 3 rings (SSSR count). The van der Waals surface area contributed by atoms with E-state index in [-0.39, 0.29) is 0 Å². The molecular formula is C18H22N4OS. The summed E-state index contributed by atoms with van der Waals surface area (Å²) in [5, 5.41) is 12.2. The Hall–Kier alpha value is -2.10. The molecule has 24 heavy (non-hydrogen) atoms. The first-order valence-corrected chi connectivity index (χ1v) is 9.15. The highest BCUT2D eigenvalue weighted by molar-refractivity contribution is 7.13. The maximum absolute atomic E-state index is 8.92. The molecule has 0 bridgehead atoms. The van der Waals surface area contributed by atoms with Gasteiger partial charge in [0.2, 0.25) is 0 Å². The first-order valence-electron chi connectivity index (χ1n) is 8.27. The van der Waals surface area contributed by atoms with Crippen LogP contribution in [0.1, 0.15) is 17.7 Å². The zero-order chi connectivity index (χ0) is 16.8. The van der Waals surface area contributed by atoms with Gasteiger partial charge < -0.3 is 9.64 Å². The van der Waals surface area contributed by atoms with Crippen LogP contribution in [-0.2, 0) is 0 Å². The van der Waals surface area contributed by atoms with Crippen molar-refractivity contribution in [2.24, 2.45) is 0 Å². The van der Waals surface area contributed by atoms with Crippen LogP contribution in [0.4, 0.5) is 5.13 Å². The van der Waals surface area contributed by atoms with Crippen molar-refractivity contribution in [1.82, 2.24) is 9.88 Å². The number of ether oxygens (including phenoxy) is 1. The van der Waals surface area contributed by atoms with Crippen LogP contribution in [-0.4, -0.2) is 49.2 Å². The summed E-state index contributed by atoms with van der Waals surface area (Å²) in [5.74, 6) is 0.767. The zero-order valence-electron chi connectivity index (χ0n) is 13.9. The Balaban J connectivity index is 1.46. The van der Waals surface area contributed by atoms with Crippen LogP contribution in [0, 0.1) is 18.3 Å². The van der Waals surface area contributed by atoms with Gasteiger partial charge in [-0.15, -0.1) is 11.3 Å². The Bertz CT molecular complexity index is 709. The molecule has 0 N–H and O–H groups in total. The van der Waals surface area contributed by atoms with Crippen LogP contribution in [0.15, 0.2) is 29.6 Å². The largest absolute Gasteiger partial charge is 0.492 e. The zero-order valence-corrected chi connectivity index (χ0v) is 14.8. The molecule has 0 unspecified atom stereocenters. The van der Waals surface area contributed by atoms with E-state index in [1.54, 1.807) is 23.5 Å². The van der Waals surface area contributed by atoms with Crippen molar-refractivity contribution in [3.8, 4) is 11.8 Å². The molecule has 1 fully saturated rings. The maximum Gasteiger partial charge on any atom is 0.185 e. The summed E-state index contributed by atoms with van der Waals surface area (Å²) in [7, 11) is 0. The molecule has 0 saturated carbocycles. The smallest absolute Gasteiger partial charge is 0.185 e. The van der Waals surface area contributed by atoms with Crippen molar-refractivity contribution in [1.29, 1.82) is 5.26 Å². The van der Waals surface area contributed by atoms with Crippen molar-refractivity contribution in [2.45, 2.75) is 13.3 Å². The van der Waals surface area contributed by atoms with E-state index in [4.69, 9.17) is 10.00 Å². The third-order valence-electron chi connectivity index (χ3n) is 4.11. The van der Waals surface area contributed by atoms with E-state index < -0.39 is 0 Å². The van der Waals surface area contributed by atoms with Crippen LogP contribution in [0.5, 0.6) is 5.75 Å². The van der Waals surface area contributed by atoms with Gasteiger partial charge in [-0.2, -0.15) is 5.26 Å².